The van der Waals surface area contributed by atoms with Crippen molar-refractivity contribution in [2.75, 3.05) is 11.4 Å². The molecule has 1 saturated heterocycles. The maximum absolute atomic E-state index is 13.2. The average molecular weight is 449 g/mol. The van der Waals surface area contributed by atoms with E-state index in [-0.39, 0.29) is 36.5 Å². The minimum Gasteiger partial charge on any atom is -0.320 e. The van der Waals surface area contributed by atoms with E-state index in [0.717, 1.165) is 34.6 Å². The molecule has 0 saturated carbocycles. The highest BCUT2D eigenvalue weighted by atomic mass is 19.4. The van der Waals surface area contributed by atoms with Crippen molar-refractivity contribution in [3.63, 3.8) is 0 Å². The number of alkyl halides is 3. The predicted molar refractivity (Wildman–Crippen MR) is 121 cm³/mol. The number of anilines is 1. The second kappa shape index (κ2) is 8.06. The molecule has 5 rings (SSSR count). The number of amides is 1. The lowest BCUT2D eigenvalue weighted by atomic mass is 10.0. The minimum atomic E-state index is -4.46. The Hall–Kier alpha value is -3.61. The summed E-state index contributed by atoms with van der Waals surface area (Å²) in [6.07, 6.45) is -4.27. The van der Waals surface area contributed by atoms with E-state index in [4.69, 9.17) is 4.98 Å². The number of nitrogens with zero attached hydrogens (tertiary/aromatic N) is 3. The van der Waals surface area contributed by atoms with Crippen molar-refractivity contribution in [2.24, 2.45) is 0 Å². The Morgan fingerprint density at radius 2 is 1.70 bits per heavy atom. The van der Waals surface area contributed by atoms with E-state index in [1.165, 1.54) is 11.0 Å². The van der Waals surface area contributed by atoms with Gasteiger partial charge in [-0.05, 0) is 42.8 Å². The highest BCUT2D eigenvalue weighted by molar-refractivity contribution is 5.96. The van der Waals surface area contributed by atoms with Gasteiger partial charge in [0.25, 0.3) is 0 Å². The molecule has 0 aliphatic carbocycles. The number of carbonyl (C=O) groups is 1. The third kappa shape index (κ3) is 3.88. The van der Waals surface area contributed by atoms with Crippen LogP contribution in [0.5, 0.6) is 0 Å². The number of fused-ring (bicyclic) bond motifs is 1. The molecular weight excluding hydrogens is 427 g/mol. The molecule has 4 nitrogen and oxygen atoms in total. The van der Waals surface area contributed by atoms with Crippen LogP contribution < -0.4 is 4.90 Å². The Morgan fingerprint density at radius 3 is 2.45 bits per heavy atom. The number of aromatic nitrogens is 2. The summed E-state index contributed by atoms with van der Waals surface area (Å²) in [5.41, 5.74) is 2.41. The van der Waals surface area contributed by atoms with E-state index in [9.17, 15) is 18.0 Å². The highest BCUT2D eigenvalue weighted by Gasteiger charge is 2.37. The zero-order valence-electron chi connectivity index (χ0n) is 18.0. The van der Waals surface area contributed by atoms with Crippen molar-refractivity contribution in [3.05, 3.63) is 95.8 Å². The van der Waals surface area contributed by atoms with Crippen molar-refractivity contribution >= 4 is 22.6 Å². The SMILES string of the molecule is C[C@@H](c1ccccc1)n1c([C@@H]2CC(=O)N(c3cccc(C(F)(F)F)c3)C2)nc2ccccc21. The first kappa shape index (κ1) is 21.2. The molecule has 0 bridgehead atoms. The Morgan fingerprint density at radius 1 is 0.970 bits per heavy atom. The van der Waals surface area contributed by atoms with Crippen LogP contribution in [-0.4, -0.2) is 22.0 Å². The van der Waals surface area contributed by atoms with Crippen LogP contribution >= 0.6 is 0 Å². The number of benzene rings is 3. The summed E-state index contributed by atoms with van der Waals surface area (Å²) >= 11 is 0. The first-order chi connectivity index (χ1) is 15.8. The summed E-state index contributed by atoms with van der Waals surface area (Å²) in [7, 11) is 0. The van der Waals surface area contributed by atoms with E-state index in [1.807, 2.05) is 42.5 Å². The Labute approximate surface area is 189 Å². The molecular formula is C26H22F3N3O. The van der Waals surface area contributed by atoms with Gasteiger partial charge in [0.05, 0.1) is 22.6 Å². The largest absolute Gasteiger partial charge is 0.416 e. The summed E-state index contributed by atoms with van der Waals surface area (Å²) in [5, 5.41) is 0. The van der Waals surface area contributed by atoms with Crippen molar-refractivity contribution < 1.29 is 18.0 Å². The lowest BCUT2D eigenvalue weighted by Crippen LogP contribution is -2.25. The van der Waals surface area contributed by atoms with Crippen LogP contribution in [0.25, 0.3) is 11.0 Å². The molecule has 33 heavy (non-hydrogen) atoms. The summed E-state index contributed by atoms with van der Waals surface area (Å²) in [5.74, 6) is 0.339. The maximum Gasteiger partial charge on any atom is 0.416 e. The van der Waals surface area contributed by atoms with Gasteiger partial charge in [0.15, 0.2) is 0 Å². The van der Waals surface area contributed by atoms with Gasteiger partial charge in [-0.1, -0.05) is 48.5 Å². The Bertz CT molecular complexity index is 1310. The lowest BCUT2D eigenvalue weighted by Gasteiger charge is -2.21. The third-order valence-corrected chi connectivity index (χ3v) is 6.27. The van der Waals surface area contributed by atoms with Gasteiger partial charge in [-0.3, -0.25) is 4.79 Å². The van der Waals surface area contributed by atoms with Gasteiger partial charge >= 0.3 is 6.18 Å². The van der Waals surface area contributed by atoms with Gasteiger partial charge in [-0.25, -0.2) is 4.98 Å². The van der Waals surface area contributed by atoms with Crippen molar-refractivity contribution in [2.45, 2.75) is 31.5 Å². The number of carbonyl (C=O) groups excluding carboxylic acids is 1. The second-order valence-electron chi connectivity index (χ2n) is 8.37. The van der Waals surface area contributed by atoms with Crippen LogP contribution in [0.15, 0.2) is 78.9 Å². The summed E-state index contributed by atoms with van der Waals surface area (Å²) < 4.78 is 41.7. The van der Waals surface area contributed by atoms with E-state index in [0.29, 0.717) is 0 Å². The van der Waals surface area contributed by atoms with Gasteiger partial charge in [-0.2, -0.15) is 13.2 Å². The van der Waals surface area contributed by atoms with Crippen molar-refractivity contribution in [1.82, 2.24) is 9.55 Å². The van der Waals surface area contributed by atoms with Gasteiger partial charge in [-0.15, -0.1) is 0 Å². The Kier molecular flexibility index (Phi) is 5.19. The molecule has 0 spiro atoms. The van der Waals surface area contributed by atoms with Crippen LogP contribution in [0.2, 0.25) is 0 Å². The monoisotopic (exact) mass is 449 g/mol. The quantitative estimate of drug-likeness (QED) is 0.373. The van der Waals surface area contributed by atoms with Gasteiger partial charge in [0, 0.05) is 24.6 Å². The molecule has 2 atom stereocenters. The molecule has 2 heterocycles. The highest BCUT2D eigenvalue weighted by Crippen LogP contribution is 2.38. The standard InChI is InChI=1S/C26H22F3N3O/c1-17(18-8-3-2-4-9-18)32-23-13-6-5-12-22(23)30-25(32)19-14-24(33)31(16-19)21-11-7-10-20(15-21)26(27,28)29/h2-13,15,17,19H,14,16H2,1H3/t17-,19+/m0/s1. The topological polar surface area (TPSA) is 38.1 Å². The first-order valence-corrected chi connectivity index (χ1v) is 10.8. The summed E-state index contributed by atoms with van der Waals surface area (Å²) in [6, 6.07) is 22.8. The van der Waals surface area contributed by atoms with Crippen LogP contribution in [-0.2, 0) is 11.0 Å². The molecule has 1 aromatic heterocycles. The maximum atomic E-state index is 13.2. The number of hydrogen-bond donors (Lipinski definition) is 0. The molecule has 168 valence electrons. The zero-order chi connectivity index (χ0) is 23.2. The average Bonchev–Trinajstić information content (AvgIpc) is 3.39. The minimum absolute atomic E-state index is 0.0219. The zero-order valence-corrected chi connectivity index (χ0v) is 18.0. The molecule has 7 heteroatoms. The molecule has 1 aliphatic rings. The van der Waals surface area contributed by atoms with E-state index in [1.54, 1.807) is 6.07 Å². The van der Waals surface area contributed by atoms with Crippen molar-refractivity contribution in [1.29, 1.82) is 0 Å². The number of hydrogen-bond acceptors (Lipinski definition) is 2. The number of halogens is 3. The fourth-order valence-electron chi connectivity index (χ4n) is 4.62. The fraction of sp³-hybridized carbons (Fsp3) is 0.231. The van der Waals surface area contributed by atoms with Crippen LogP contribution in [0.3, 0.4) is 0 Å². The molecule has 0 N–H and O–H groups in total. The smallest absolute Gasteiger partial charge is 0.320 e. The molecule has 0 unspecified atom stereocenters. The molecule has 4 aromatic rings. The third-order valence-electron chi connectivity index (χ3n) is 6.27. The lowest BCUT2D eigenvalue weighted by molar-refractivity contribution is -0.137. The van der Waals surface area contributed by atoms with E-state index >= 15 is 0 Å². The van der Waals surface area contributed by atoms with Crippen molar-refractivity contribution in [3.8, 4) is 0 Å². The van der Waals surface area contributed by atoms with Crippen LogP contribution in [0.4, 0.5) is 18.9 Å². The fourth-order valence-corrected chi connectivity index (χ4v) is 4.62. The second-order valence-corrected chi connectivity index (χ2v) is 8.37. The van der Waals surface area contributed by atoms with E-state index in [2.05, 4.69) is 23.6 Å². The predicted octanol–water partition coefficient (Wildman–Crippen LogP) is 6.18. The first-order valence-electron chi connectivity index (χ1n) is 10.8. The molecule has 3 aromatic carbocycles. The molecule has 1 fully saturated rings. The number of imidazole rings is 1. The van der Waals surface area contributed by atoms with Crippen LogP contribution in [0, 0.1) is 0 Å². The molecule has 0 radical (unpaired) electrons. The van der Waals surface area contributed by atoms with E-state index < -0.39 is 11.7 Å². The number of para-hydroxylation sites is 2. The Balaban J connectivity index is 1.54. The summed E-state index contributed by atoms with van der Waals surface area (Å²) in [6.45, 7) is 2.37. The molecule has 1 amide bonds. The molecule has 1 aliphatic heterocycles. The van der Waals surface area contributed by atoms with Gasteiger partial charge in [0.2, 0.25) is 5.91 Å². The summed E-state index contributed by atoms with van der Waals surface area (Å²) in [4.78, 5) is 19.2. The van der Waals surface area contributed by atoms with Crippen LogP contribution in [0.1, 0.15) is 42.3 Å². The van der Waals surface area contributed by atoms with Gasteiger partial charge in [0.1, 0.15) is 5.82 Å². The normalized spacial score (nSPS) is 17.6. The van der Waals surface area contributed by atoms with Gasteiger partial charge < -0.3 is 9.47 Å². The number of rotatable bonds is 4.